The number of nitrogens with zero attached hydrogens (tertiary/aromatic N) is 3. The number of aliphatic imine (C=N–C) groups is 1. The van der Waals surface area contributed by atoms with Crippen LogP contribution in [0.1, 0.15) is 36.7 Å². The Kier molecular flexibility index (Phi) is 5.47. The molecular formula is C23H25N5O2. The largest absolute Gasteiger partial charge is 0.478 e. The summed E-state index contributed by atoms with van der Waals surface area (Å²) in [6.07, 6.45) is 2.99. The number of benzene rings is 2. The van der Waals surface area contributed by atoms with Crippen LogP contribution in [0.4, 0.5) is 0 Å². The Morgan fingerprint density at radius 1 is 1.23 bits per heavy atom. The van der Waals surface area contributed by atoms with Gasteiger partial charge in [-0.05, 0) is 44.5 Å². The molecular weight excluding hydrogens is 378 g/mol. The van der Waals surface area contributed by atoms with E-state index < -0.39 is 5.97 Å². The zero-order chi connectivity index (χ0) is 22.1. The van der Waals surface area contributed by atoms with Crippen LogP contribution in [0.2, 0.25) is 0 Å². The number of hydrogen-bond acceptors (Lipinski definition) is 5. The van der Waals surface area contributed by atoms with Gasteiger partial charge in [-0.2, -0.15) is 0 Å². The lowest BCUT2D eigenvalue weighted by molar-refractivity contribution is 0.0697. The van der Waals surface area contributed by atoms with Crippen molar-refractivity contribution >= 4 is 28.8 Å². The maximum absolute atomic E-state index is 11.8. The molecule has 0 unspecified atom stereocenters. The zero-order valence-corrected chi connectivity index (χ0v) is 17.3. The highest BCUT2D eigenvalue weighted by atomic mass is 16.4. The molecule has 0 saturated carbocycles. The molecule has 0 aliphatic heterocycles. The van der Waals surface area contributed by atoms with Crippen LogP contribution in [-0.2, 0) is 5.54 Å². The number of carbonyl (C=O) groups is 1. The van der Waals surface area contributed by atoms with Gasteiger partial charge in [0, 0.05) is 29.1 Å². The van der Waals surface area contributed by atoms with E-state index in [1.165, 1.54) is 6.20 Å². The van der Waals surface area contributed by atoms with Crippen molar-refractivity contribution in [2.45, 2.75) is 26.3 Å². The van der Waals surface area contributed by atoms with Gasteiger partial charge >= 0.3 is 5.97 Å². The molecule has 0 aliphatic carbocycles. The van der Waals surface area contributed by atoms with Crippen molar-refractivity contribution in [2.75, 3.05) is 0 Å². The molecule has 1 aromatic heterocycles. The van der Waals surface area contributed by atoms with E-state index >= 15 is 0 Å². The number of allylic oxidation sites excluding steroid dienone is 1. The van der Waals surface area contributed by atoms with E-state index in [1.54, 1.807) is 24.4 Å². The maximum atomic E-state index is 11.8. The van der Waals surface area contributed by atoms with Gasteiger partial charge in [-0.1, -0.05) is 30.8 Å². The Balaban J connectivity index is 2.28. The Labute approximate surface area is 175 Å². The number of carboxylic acids is 1. The Bertz CT molecular complexity index is 1200. The van der Waals surface area contributed by atoms with E-state index in [0.29, 0.717) is 17.0 Å². The van der Waals surface area contributed by atoms with Crippen molar-refractivity contribution in [3.63, 3.8) is 0 Å². The molecule has 1 heterocycles. The molecule has 0 bridgehead atoms. The van der Waals surface area contributed by atoms with Crippen LogP contribution >= 0.6 is 0 Å². The zero-order valence-electron chi connectivity index (χ0n) is 17.3. The lowest BCUT2D eigenvalue weighted by Crippen LogP contribution is -2.23. The van der Waals surface area contributed by atoms with Gasteiger partial charge in [-0.15, -0.1) is 0 Å². The van der Waals surface area contributed by atoms with Gasteiger partial charge in [-0.25, -0.2) is 14.8 Å². The first kappa shape index (κ1) is 20.9. The number of imidazole rings is 1. The van der Waals surface area contributed by atoms with Crippen molar-refractivity contribution in [3.8, 4) is 11.4 Å². The fourth-order valence-corrected chi connectivity index (χ4v) is 3.35. The summed E-state index contributed by atoms with van der Waals surface area (Å²) in [5.74, 6) is -0.222. The van der Waals surface area contributed by atoms with Crippen LogP contribution in [0, 0.1) is 0 Å². The quantitative estimate of drug-likeness (QED) is 0.557. The highest BCUT2D eigenvalue weighted by Crippen LogP contribution is 2.34. The number of aromatic nitrogens is 2. The summed E-state index contributed by atoms with van der Waals surface area (Å²) in [4.78, 5) is 20.6. The van der Waals surface area contributed by atoms with Crippen LogP contribution in [0.15, 0.2) is 66.1 Å². The van der Waals surface area contributed by atoms with E-state index in [2.05, 4.69) is 36.9 Å². The average molecular weight is 403 g/mol. The Morgan fingerprint density at radius 2 is 1.93 bits per heavy atom. The summed E-state index contributed by atoms with van der Waals surface area (Å²) in [5, 5.41) is 9.66. The fourth-order valence-electron chi connectivity index (χ4n) is 3.35. The minimum Gasteiger partial charge on any atom is -0.478 e. The first-order valence-electron chi connectivity index (χ1n) is 9.40. The molecule has 7 nitrogen and oxygen atoms in total. The van der Waals surface area contributed by atoms with E-state index in [4.69, 9.17) is 16.5 Å². The molecule has 0 radical (unpaired) electrons. The topological polar surface area (TPSA) is 120 Å². The van der Waals surface area contributed by atoms with Gasteiger partial charge in [0.1, 0.15) is 11.6 Å². The number of nitrogens with two attached hydrogens (primary N) is 2. The van der Waals surface area contributed by atoms with Gasteiger partial charge in [0.25, 0.3) is 0 Å². The third-order valence-electron chi connectivity index (χ3n) is 4.61. The van der Waals surface area contributed by atoms with Crippen LogP contribution in [-0.4, -0.2) is 26.8 Å². The van der Waals surface area contributed by atoms with Gasteiger partial charge in [0.2, 0.25) is 0 Å². The molecule has 0 spiro atoms. The monoisotopic (exact) mass is 403 g/mol. The summed E-state index contributed by atoms with van der Waals surface area (Å²) in [5.41, 5.74) is 14.8. The molecule has 3 aromatic rings. The van der Waals surface area contributed by atoms with Crippen LogP contribution in [0.25, 0.3) is 28.0 Å². The molecule has 0 aliphatic rings. The summed E-state index contributed by atoms with van der Waals surface area (Å²) < 4.78 is 2.05. The van der Waals surface area contributed by atoms with Crippen molar-refractivity contribution in [1.29, 1.82) is 0 Å². The van der Waals surface area contributed by atoms with Gasteiger partial charge in [0.05, 0.1) is 16.6 Å². The highest BCUT2D eigenvalue weighted by Gasteiger charge is 2.25. The lowest BCUT2D eigenvalue weighted by atomic mass is 10.0. The molecule has 0 amide bonds. The van der Waals surface area contributed by atoms with Gasteiger partial charge in [-0.3, -0.25) is 0 Å². The van der Waals surface area contributed by atoms with E-state index in [9.17, 15) is 9.90 Å². The fraction of sp³-hybridized carbons (Fsp3) is 0.174. The van der Waals surface area contributed by atoms with Crippen LogP contribution < -0.4 is 11.5 Å². The lowest BCUT2D eigenvalue weighted by Gasteiger charge is -2.25. The second-order valence-corrected chi connectivity index (χ2v) is 7.87. The summed E-state index contributed by atoms with van der Waals surface area (Å²) in [6, 6.07) is 12.6. The van der Waals surface area contributed by atoms with Crippen molar-refractivity contribution in [1.82, 2.24) is 9.55 Å². The molecule has 2 aromatic carbocycles. The molecule has 0 fully saturated rings. The van der Waals surface area contributed by atoms with Crippen molar-refractivity contribution in [3.05, 3.63) is 72.2 Å². The maximum Gasteiger partial charge on any atom is 0.336 e. The molecule has 3 rings (SSSR count). The normalized spacial score (nSPS) is 12.6. The number of fused-ring (bicyclic) bond motifs is 1. The molecule has 0 atom stereocenters. The van der Waals surface area contributed by atoms with Crippen molar-refractivity contribution < 1.29 is 9.90 Å². The second kappa shape index (κ2) is 7.87. The summed E-state index contributed by atoms with van der Waals surface area (Å²) in [6.45, 7) is 9.72. The summed E-state index contributed by atoms with van der Waals surface area (Å²) >= 11 is 0. The molecule has 30 heavy (non-hydrogen) atoms. The third-order valence-corrected chi connectivity index (χ3v) is 4.61. The first-order valence-corrected chi connectivity index (χ1v) is 9.40. The third kappa shape index (κ3) is 3.96. The average Bonchev–Trinajstić information content (AvgIpc) is 3.07. The van der Waals surface area contributed by atoms with E-state index in [-0.39, 0.29) is 16.9 Å². The highest BCUT2D eigenvalue weighted by molar-refractivity contribution is 6.10. The number of rotatable bonds is 5. The summed E-state index contributed by atoms with van der Waals surface area (Å²) in [7, 11) is 0. The number of hydrogen-bond donors (Lipinski definition) is 3. The standard InChI is InChI=1S/C23H25N5O2/c1-14(25)26-13-16(12-24)15-9-10-20-19(11-15)27-21(28(20)23(2,3)4)17-7-5-6-8-18(17)22(29)30/h5-13H,1,24-25H2,2-4H3,(H,29,30)/b16-12+,26-13-. The van der Waals surface area contributed by atoms with Crippen LogP contribution in [0.3, 0.4) is 0 Å². The molecule has 0 saturated heterocycles. The molecule has 154 valence electrons. The van der Waals surface area contributed by atoms with Crippen molar-refractivity contribution in [2.24, 2.45) is 16.5 Å². The Hall–Kier alpha value is -3.87. The Morgan fingerprint density at radius 3 is 2.53 bits per heavy atom. The molecule has 7 heteroatoms. The predicted octanol–water partition coefficient (Wildman–Crippen LogP) is 3.96. The minimum atomic E-state index is -0.995. The van der Waals surface area contributed by atoms with Gasteiger partial charge < -0.3 is 21.1 Å². The SMILES string of the molecule is C=C(N)/N=C\C(=C/N)c1ccc2c(c1)nc(-c1ccccc1C(=O)O)n2C(C)(C)C. The second-order valence-electron chi connectivity index (χ2n) is 7.87. The van der Waals surface area contributed by atoms with Crippen LogP contribution in [0.5, 0.6) is 0 Å². The number of carboxylic acid groups (broad SMARTS) is 1. The minimum absolute atomic E-state index is 0.181. The van der Waals surface area contributed by atoms with E-state index in [0.717, 1.165) is 16.6 Å². The van der Waals surface area contributed by atoms with E-state index in [1.807, 2.05) is 24.3 Å². The number of aromatic carboxylic acids is 1. The smallest absolute Gasteiger partial charge is 0.336 e. The predicted molar refractivity (Wildman–Crippen MR) is 121 cm³/mol. The van der Waals surface area contributed by atoms with Gasteiger partial charge in [0.15, 0.2) is 0 Å². The molecule has 5 N–H and O–H groups in total. The first-order chi connectivity index (χ1) is 14.1.